The average Bonchev–Trinajstić information content (AvgIpc) is 2.47. The predicted octanol–water partition coefficient (Wildman–Crippen LogP) is 3.61. The van der Waals surface area contributed by atoms with Gasteiger partial charge in [-0.25, -0.2) is 0 Å². The molecule has 1 heterocycles. The number of rotatable bonds is 3. The predicted molar refractivity (Wildman–Crippen MR) is 87.4 cm³/mol. The van der Waals surface area contributed by atoms with Crippen LogP contribution in [0.2, 0.25) is 0 Å². The van der Waals surface area contributed by atoms with Gasteiger partial charge in [0.25, 0.3) is 0 Å². The zero-order valence-electron chi connectivity index (χ0n) is 10.7. The van der Waals surface area contributed by atoms with Crippen molar-refractivity contribution in [3.8, 4) is 0 Å². The van der Waals surface area contributed by atoms with Crippen molar-refractivity contribution in [3.05, 3.63) is 66.4 Å². The highest BCUT2D eigenvalue weighted by Crippen LogP contribution is 2.23. The lowest BCUT2D eigenvalue weighted by molar-refractivity contribution is 1.39. The van der Waals surface area contributed by atoms with Crippen molar-refractivity contribution in [2.45, 2.75) is 0 Å². The van der Waals surface area contributed by atoms with Gasteiger partial charge in [0, 0.05) is 16.6 Å². The summed E-state index contributed by atoms with van der Waals surface area (Å²) in [6.07, 6.45) is 1.80. The third-order valence-corrected chi connectivity index (χ3v) is 3.28. The van der Waals surface area contributed by atoms with Crippen LogP contribution < -0.4 is 11.1 Å². The van der Waals surface area contributed by atoms with Gasteiger partial charge in [-0.2, -0.15) is 0 Å². The summed E-state index contributed by atoms with van der Waals surface area (Å²) in [6.45, 7) is 0. The van der Waals surface area contributed by atoms with Gasteiger partial charge in [-0.15, -0.1) is 0 Å². The number of pyridine rings is 1. The SMILES string of the molecule is NC(=S)c1ccccc1Nc1cnc2ccccc2c1. The van der Waals surface area contributed by atoms with Crippen LogP contribution in [0.4, 0.5) is 11.4 Å². The van der Waals surface area contributed by atoms with Crippen molar-refractivity contribution in [1.82, 2.24) is 4.98 Å². The fourth-order valence-corrected chi connectivity index (χ4v) is 2.28. The van der Waals surface area contributed by atoms with Gasteiger partial charge in [-0.3, -0.25) is 4.98 Å². The molecular weight excluding hydrogens is 266 g/mol. The molecule has 3 rings (SSSR count). The smallest absolute Gasteiger partial charge is 0.106 e. The highest BCUT2D eigenvalue weighted by molar-refractivity contribution is 7.80. The average molecular weight is 279 g/mol. The van der Waals surface area contributed by atoms with Crippen molar-refractivity contribution in [3.63, 3.8) is 0 Å². The lowest BCUT2D eigenvalue weighted by Gasteiger charge is -2.11. The van der Waals surface area contributed by atoms with Crippen LogP contribution in [0.1, 0.15) is 5.56 Å². The van der Waals surface area contributed by atoms with Crippen molar-refractivity contribution < 1.29 is 0 Å². The largest absolute Gasteiger partial charge is 0.389 e. The molecule has 0 bridgehead atoms. The second-order valence-corrected chi connectivity index (χ2v) is 4.89. The van der Waals surface area contributed by atoms with Gasteiger partial charge in [0.1, 0.15) is 4.99 Å². The van der Waals surface area contributed by atoms with Crippen LogP contribution >= 0.6 is 12.2 Å². The van der Waals surface area contributed by atoms with Crippen LogP contribution in [0, 0.1) is 0 Å². The van der Waals surface area contributed by atoms with Gasteiger partial charge >= 0.3 is 0 Å². The van der Waals surface area contributed by atoms with Crippen LogP contribution in [0.15, 0.2) is 60.8 Å². The highest BCUT2D eigenvalue weighted by atomic mass is 32.1. The molecule has 1 aromatic heterocycles. The minimum atomic E-state index is 0.377. The molecule has 0 aliphatic rings. The summed E-state index contributed by atoms with van der Waals surface area (Å²) in [5, 5.41) is 4.40. The summed E-state index contributed by atoms with van der Waals surface area (Å²) >= 11 is 5.06. The fraction of sp³-hybridized carbons (Fsp3) is 0. The quantitative estimate of drug-likeness (QED) is 0.719. The number of para-hydroxylation sites is 2. The number of benzene rings is 2. The van der Waals surface area contributed by atoms with Gasteiger partial charge < -0.3 is 11.1 Å². The first-order valence-electron chi connectivity index (χ1n) is 6.25. The van der Waals surface area contributed by atoms with Gasteiger partial charge in [0.05, 0.1) is 17.4 Å². The van der Waals surface area contributed by atoms with E-state index in [-0.39, 0.29) is 0 Å². The molecule has 0 aliphatic carbocycles. The molecule has 0 amide bonds. The maximum Gasteiger partial charge on any atom is 0.106 e. The molecule has 0 aliphatic heterocycles. The lowest BCUT2D eigenvalue weighted by Crippen LogP contribution is -2.11. The molecule has 20 heavy (non-hydrogen) atoms. The van der Waals surface area contributed by atoms with Gasteiger partial charge in [-0.05, 0) is 24.3 Å². The molecule has 0 unspecified atom stereocenters. The number of nitrogens with two attached hydrogens (primary N) is 1. The minimum Gasteiger partial charge on any atom is -0.389 e. The first kappa shape index (κ1) is 12.6. The Morgan fingerprint density at radius 1 is 1.05 bits per heavy atom. The maximum absolute atomic E-state index is 5.73. The second-order valence-electron chi connectivity index (χ2n) is 4.45. The molecule has 3 aromatic rings. The summed E-state index contributed by atoms with van der Waals surface area (Å²) in [4.78, 5) is 4.80. The van der Waals surface area contributed by atoms with E-state index in [0.29, 0.717) is 4.99 Å². The lowest BCUT2D eigenvalue weighted by atomic mass is 10.1. The van der Waals surface area contributed by atoms with E-state index in [2.05, 4.69) is 16.4 Å². The van der Waals surface area contributed by atoms with Crippen molar-refractivity contribution in [2.24, 2.45) is 5.73 Å². The first-order chi connectivity index (χ1) is 9.74. The maximum atomic E-state index is 5.73. The van der Waals surface area contributed by atoms with E-state index in [0.717, 1.165) is 27.8 Å². The Bertz CT molecular complexity index is 783. The molecule has 4 heteroatoms. The van der Waals surface area contributed by atoms with E-state index in [1.165, 1.54) is 0 Å². The molecule has 0 spiro atoms. The molecule has 0 saturated carbocycles. The topological polar surface area (TPSA) is 50.9 Å². The standard InChI is InChI=1S/C16H13N3S/c17-16(20)13-6-2-4-8-15(13)19-12-9-11-5-1-3-7-14(11)18-10-12/h1-10,19H,(H2,17,20). The Morgan fingerprint density at radius 3 is 2.65 bits per heavy atom. The van der Waals surface area contributed by atoms with Crippen LogP contribution in [0.25, 0.3) is 10.9 Å². The summed E-state index contributed by atoms with van der Waals surface area (Å²) in [5.41, 5.74) is 9.33. The van der Waals surface area contributed by atoms with E-state index < -0.39 is 0 Å². The number of nitrogens with zero attached hydrogens (tertiary/aromatic N) is 1. The van der Waals surface area contributed by atoms with Crippen LogP contribution in [0.3, 0.4) is 0 Å². The molecular formula is C16H13N3S. The number of hydrogen-bond acceptors (Lipinski definition) is 3. The first-order valence-corrected chi connectivity index (χ1v) is 6.65. The van der Waals surface area contributed by atoms with Gasteiger partial charge in [0.15, 0.2) is 0 Å². The normalized spacial score (nSPS) is 10.4. The number of anilines is 2. The van der Waals surface area contributed by atoms with Crippen molar-refractivity contribution in [1.29, 1.82) is 0 Å². The van der Waals surface area contributed by atoms with E-state index >= 15 is 0 Å². The summed E-state index contributed by atoms with van der Waals surface area (Å²) in [5.74, 6) is 0. The number of aromatic nitrogens is 1. The van der Waals surface area contributed by atoms with E-state index in [1.54, 1.807) is 6.20 Å². The molecule has 0 fully saturated rings. The third-order valence-electron chi connectivity index (χ3n) is 3.06. The Morgan fingerprint density at radius 2 is 1.80 bits per heavy atom. The van der Waals surface area contributed by atoms with Crippen LogP contribution in [-0.2, 0) is 0 Å². The Kier molecular flexibility index (Phi) is 3.31. The van der Waals surface area contributed by atoms with Gasteiger partial charge in [-0.1, -0.05) is 42.5 Å². The second kappa shape index (κ2) is 5.27. The summed E-state index contributed by atoms with van der Waals surface area (Å²) in [6, 6.07) is 17.8. The Labute approximate surface area is 122 Å². The van der Waals surface area contributed by atoms with E-state index in [4.69, 9.17) is 18.0 Å². The van der Waals surface area contributed by atoms with E-state index in [1.807, 2.05) is 48.5 Å². The van der Waals surface area contributed by atoms with Crippen molar-refractivity contribution >= 4 is 39.5 Å². The summed E-state index contributed by atoms with van der Waals surface area (Å²) in [7, 11) is 0. The summed E-state index contributed by atoms with van der Waals surface area (Å²) < 4.78 is 0. The molecule has 3 N–H and O–H groups in total. The fourth-order valence-electron chi connectivity index (χ4n) is 2.10. The minimum absolute atomic E-state index is 0.377. The van der Waals surface area contributed by atoms with Crippen LogP contribution in [-0.4, -0.2) is 9.97 Å². The molecule has 0 radical (unpaired) electrons. The number of hydrogen-bond donors (Lipinski definition) is 2. The number of nitrogens with one attached hydrogen (secondary N) is 1. The monoisotopic (exact) mass is 279 g/mol. The van der Waals surface area contributed by atoms with E-state index in [9.17, 15) is 0 Å². The Hall–Kier alpha value is -2.46. The molecule has 2 aromatic carbocycles. The molecule has 0 atom stereocenters. The third kappa shape index (κ3) is 2.46. The molecule has 98 valence electrons. The molecule has 3 nitrogen and oxygen atoms in total. The highest BCUT2D eigenvalue weighted by Gasteiger charge is 2.05. The van der Waals surface area contributed by atoms with Crippen molar-refractivity contribution in [2.75, 3.05) is 5.32 Å². The Balaban J connectivity index is 1.99. The number of fused-ring (bicyclic) bond motifs is 1. The van der Waals surface area contributed by atoms with Gasteiger partial charge in [0.2, 0.25) is 0 Å². The zero-order valence-corrected chi connectivity index (χ0v) is 11.5. The molecule has 0 saturated heterocycles. The number of thiocarbonyl (C=S) groups is 1. The zero-order chi connectivity index (χ0) is 13.9. The van der Waals surface area contributed by atoms with Crippen LogP contribution in [0.5, 0.6) is 0 Å².